The van der Waals surface area contributed by atoms with Crippen molar-refractivity contribution in [3.8, 4) is 0 Å². The number of pyridine rings is 2. The molecule has 4 heterocycles. The molecule has 2 aliphatic heterocycles. The molecule has 0 bridgehead atoms. The Morgan fingerprint density at radius 1 is 0.681 bits per heavy atom. The van der Waals surface area contributed by atoms with Gasteiger partial charge in [-0.1, -0.05) is 67.6 Å². The van der Waals surface area contributed by atoms with Crippen molar-refractivity contribution < 1.29 is 48.3 Å². The number of nitrogens with zero attached hydrogens (tertiary/aromatic N) is 5. The van der Waals surface area contributed by atoms with Crippen molar-refractivity contribution in [1.29, 1.82) is 0 Å². The van der Waals surface area contributed by atoms with Gasteiger partial charge in [-0.05, 0) is 77.6 Å². The molecule has 1 atom stereocenters. The molecule has 2 amide bonds. The number of aromatic carboxylic acids is 2. The summed E-state index contributed by atoms with van der Waals surface area (Å²) in [5.74, 6) is -0.753. The first-order chi connectivity index (χ1) is 33.6. The molecule has 6 rings (SSSR count). The number of allylic oxidation sites excluding steroid dienone is 1. The summed E-state index contributed by atoms with van der Waals surface area (Å²) in [4.78, 5) is 64.4. The van der Waals surface area contributed by atoms with E-state index in [4.69, 9.17) is 18.9 Å². The number of amides is 2. The van der Waals surface area contributed by atoms with Crippen molar-refractivity contribution in [2.75, 3.05) is 95.4 Å². The fourth-order valence-electron chi connectivity index (χ4n) is 8.10. The maximum atomic E-state index is 13.6. The first-order valence-corrected chi connectivity index (χ1v) is 24.9. The van der Waals surface area contributed by atoms with Gasteiger partial charge in [0, 0.05) is 70.1 Å². The van der Waals surface area contributed by atoms with E-state index in [0.717, 1.165) is 53.0 Å². The smallest absolute Gasteiger partial charge is 0.354 e. The number of carbonyl (C=O) groups excluding carboxylic acids is 2. The highest BCUT2D eigenvalue weighted by molar-refractivity contribution is 7.99. The molecule has 2 aliphatic rings. The SMILES string of the molecule is C=C1Cc2ccccc2N(C(=O)CCC(=O)NCCCCCSC[C@@H]2COCCN(Cc3cccc(C(=O)O)n3)CCOCCOCCN(Cc3cccc(C(=O)O)n3)CCO2)Cc2ccccc21. The Labute approximate surface area is 409 Å². The van der Waals surface area contributed by atoms with Gasteiger partial charge in [0.1, 0.15) is 11.4 Å². The minimum absolute atomic E-state index is 0.00261. The highest BCUT2D eigenvalue weighted by Crippen LogP contribution is 2.33. The van der Waals surface area contributed by atoms with E-state index in [9.17, 15) is 29.4 Å². The summed E-state index contributed by atoms with van der Waals surface area (Å²) in [5.41, 5.74) is 6.31. The van der Waals surface area contributed by atoms with Crippen LogP contribution in [0.5, 0.6) is 0 Å². The Hall–Kier alpha value is -5.53. The zero-order valence-corrected chi connectivity index (χ0v) is 40.3. The number of thioether (sulfide) groups is 1. The molecule has 2 aromatic heterocycles. The van der Waals surface area contributed by atoms with E-state index in [2.05, 4.69) is 37.7 Å². The van der Waals surface area contributed by atoms with Crippen molar-refractivity contribution >= 4 is 46.8 Å². The van der Waals surface area contributed by atoms with Gasteiger partial charge in [-0.2, -0.15) is 11.8 Å². The number of ether oxygens (including phenoxy) is 4. The average Bonchev–Trinajstić information content (AvgIpc) is 3.34. The number of carbonyl (C=O) groups is 4. The van der Waals surface area contributed by atoms with Crippen LogP contribution in [-0.4, -0.2) is 150 Å². The highest BCUT2D eigenvalue weighted by atomic mass is 32.2. The summed E-state index contributed by atoms with van der Waals surface area (Å²) in [6.45, 7) is 11.3. The molecule has 2 aromatic carbocycles. The van der Waals surface area contributed by atoms with Gasteiger partial charge in [0.25, 0.3) is 0 Å². The van der Waals surface area contributed by atoms with Crippen LogP contribution in [0.3, 0.4) is 0 Å². The van der Waals surface area contributed by atoms with Crippen molar-refractivity contribution in [3.63, 3.8) is 0 Å². The van der Waals surface area contributed by atoms with Crippen LogP contribution in [0, 0.1) is 0 Å². The topological polar surface area (TPSA) is 193 Å². The number of hydrogen-bond donors (Lipinski definition) is 3. The van der Waals surface area contributed by atoms with E-state index in [1.807, 2.05) is 54.6 Å². The van der Waals surface area contributed by atoms with Crippen molar-refractivity contribution in [2.45, 2.75) is 64.3 Å². The number of anilines is 1. The Bertz CT molecular complexity index is 2300. The molecular weight excluding hydrogens is 901 g/mol. The van der Waals surface area contributed by atoms with Gasteiger partial charge in [-0.25, -0.2) is 19.6 Å². The van der Waals surface area contributed by atoms with E-state index in [1.165, 1.54) is 12.1 Å². The van der Waals surface area contributed by atoms with E-state index < -0.39 is 11.9 Å². The predicted octanol–water partition coefficient (Wildman–Crippen LogP) is 6.23. The summed E-state index contributed by atoms with van der Waals surface area (Å²) in [6, 6.07) is 25.9. The number of hydrogen-bond acceptors (Lipinski definition) is 13. The summed E-state index contributed by atoms with van der Waals surface area (Å²) in [6.07, 6.45) is 3.40. The Kier molecular flexibility index (Phi) is 22.1. The second-order valence-corrected chi connectivity index (χ2v) is 18.2. The number of benzene rings is 2. The minimum Gasteiger partial charge on any atom is -0.477 e. The van der Waals surface area contributed by atoms with Crippen LogP contribution < -0.4 is 10.2 Å². The van der Waals surface area contributed by atoms with Crippen LogP contribution >= 0.6 is 11.8 Å². The maximum absolute atomic E-state index is 13.6. The molecule has 1 fully saturated rings. The van der Waals surface area contributed by atoms with Crippen LogP contribution in [0.25, 0.3) is 5.57 Å². The number of para-hydroxylation sites is 1. The van der Waals surface area contributed by atoms with Gasteiger partial charge in [-0.3, -0.25) is 19.4 Å². The third-order valence-electron chi connectivity index (χ3n) is 11.8. The average molecular weight is 967 g/mol. The monoisotopic (exact) mass is 966 g/mol. The second kappa shape index (κ2) is 28.8. The zero-order valence-electron chi connectivity index (χ0n) is 39.4. The van der Waals surface area contributed by atoms with Crippen molar-refractivity contribution in [3.05, 3.63) is 131 Å². The lowest BCUT2D eigenvalue weighted by molar-refractivity contribution is -0.125. The number of carboxylic acids is 2. The molecule has 69 heavy (non-hydrogen) atoms. The second-order valence-electron chi connectivity index (χ2n) is 17.0. The molecule has 17 heteroatoms. The van der Waals surface area contributed by atoms with E-state index in [1.54, 1.807) is 28.8 Å². The minimum atomic E-state index is -1.08. The Morgan fingerprint density at radius 3 is 1.96 bits per heavy atom. The van der Waals surface area contributed by atoms with Crippen LogP contribution in [0.15, 0.2) is 91.5 Å². The summed E-state index contributed by atoms with van der Waals surface area (Å²) >= 11 is 1.79. The zero-order chi connectivity index (χ0) is 48.6. The molecule has 0 spiro atoms. The van der Waals surface area contributed by atoms with Crippen molar-refractivity contribution in [2.24, 2.45) is 0 Å². The Balaban J connectivity index is 0.951. The number of fused-ring (bicyclic) bond motifs is 2. The molecule has 0 unspecified atom stereocenters. The first-order valence-electron chi connectivity index (χ1n) is 23.8. The fraction of sp³-hybridized carbons (Fsp3) is 0.462. The molecule has 4 aromatic rings. The standard InChI is InChI=1S/C52H66N6O10S/c1-39-33-40-11-4-6-18-48(40)58(34-41-12-3-5-15-45(39)41)50(60)20-19-49(59)53-21-7-2-8-32-69-38-44-37-67-28-24-56(35-42-13-9-16-46(54-42)51(61)62)22-26-65-30-31-66-27-23-57(25-29-68-44)36-43-14-10-17-47(55-43)52(63)64/h3-6,9-18,44H,1-2,7-8,19-38H2,(H,53,59)(H,61,62)(H,63,64)/t44-/m0/s1. The molecule has 0 aliphatic carbocycles. The van der Waals surface area contributed by atoms with E-state index in [-0.39, 0.29) is 42.1 Å². The van der Waals surface area contributed by atoms with Crippen molar-refractivity contribution in [1.82, 2.24) is 25.1 Å². The number of carboxylic acid groups (broad SMARTS) is 2. The molecule has 0 saturated carbocycles. The fourth-order valence-corrected chi connectivity index (χ4v) is 9.13. The molecule has 370 valence electrons. The van der Waals surface area contributed by atoms with Crippen LogP contribution in [-0.2, 0) is 54.6 Å². The Morgan fingerprint density at radius 2 is 1.29 bits per heavy atom. The van der Waals surface area contributed by atoms with Gasteiger partial charge >= 0.3 is 11.9 Å². The predicted molar refractivity (Wildman–Crippen MR) is 265 cm³/mol. The first kappa shape index (κ1) is 52.8. The van der Waals surface area contributed by atoms with E-state index >= 15 is 0 Å². The maximum Gasteiger partial charge on any atom is 0.354 e. The number of aromatic nitrogens is 2. The third-order valence-corrected chi connectivity index (χ3v) is 13.0. The lowest BCUT2D eigenvalue weighted by Gasteiger charge is -2.29. The summed E-state index contributed by atoms with van der Waals surface area (Å²) < 4.78 is 24.5. The highest BCUT2D eigenvalue weighted by Gasteiger charge is 2.24. The summed E-state index contributed by atoms with van der Waals surface area (Å²) in [5, 5.41) is 22.0. The molecule has 1 saturated heterocycles. The number of nitrogens with one attached hydrogen (secondary N) is 1. The number of rotatable bonds is 17. The van der Waals surface area contributed by atoms with Gasteiger partial charge in [0.2, 0.25) is 11.8 Å². The van der Waals surface area contributed by atoms with Crippen LogP contribution in [0.1, 0.15) is 81.2 Å². The lowest BCUT2D eigenvalue weighted by atomic mass is 9.92. The molecule has 16 nitrogen and oxygen atoms in total. The van der Waals surface area contributed by atoms with Crippen LogP contribution in [0.2, 0.25) is 0 Å². The molecule has 3 N–H and O–H groups in total. The normalized spacial score (nSPS) is 17.3. The van der Waals surface area contributed by atoms with Gasteiger partial charge in [0.05, 0.1) is 70.3 Å². The van der Waals surface area contributed by atoms with Gasteiger partial charge < -0.3 is 39.4 Å². The molecular formula is C52H66N6O10S. The largest absolute Gasteiger partial charge is 0.477 e. The quantitative estimate of drug-likeness (QED) is 0.101. The lowest BCUT2D eigenvalue weighted by Crippen LogP contribution is -2.35. The third kappa shape index (κ3) is 18.1. The molecule has 0 radical (unpaired) electrons. The van der Waals surface area contributed by atoms with Gasteiger partial charge in [0.15, 0.2) is 0 Å². The van der Waals surface area contributed by atoms with Crippen LogP contribution in [0.4, 0.5) is 5.69 Å². The number of unbranched alkanes of at least 4 members (excludes halogenated alkanes) is 2. The van der Waals surface area contributed by atoms with E-state index in [0.29, 0.717) is 122 Å². The summed E-state index contributed by atoms with van der Waals surface area (Å²) in [7, 11) is 0. The van der Waals surface area contributed by atoms with Gasteiger partial charge in [-0.15, -0.1) is 0 Å².